The summed E-state index contributed by atoms with van der Waals surface area (Å²) in [6.07, 6.45) is 2.99. The van der Waals surface area contributed by atoms with Gasteiger partial charge in [-0.2, -0.15) is 0 Å². The van der Waals surface area contributed by atoms with Crippen molar-refractivity contribution < 1.29 is 18.6 Å². The molecular weight excluding hydrogens is 554 g/mol. The maximum Gasteiger partial charge on any atom is 0.227 e. The monoisotopic (exact) mass is 576 g/mol. The zero-order chi connectivity index (χ0) is 26.2. The van der Waals surface area contributed by atoms with Crippen LogP contribution >= 0.6 is 27.5 Å². The number of aliphatic imine (C=N–C) groups is 1. The number of aliphatic hydroxyl groups is 1. The summed E-state index contributed by atoms with van der Waals surface area (Å²) in [5.41, 5.74) is 1.50. The number of hydrogen-bond acceptors (Lipinski definition) is 6. The molecule has 0 saturated heterocycles. The Hall–Kier alpha value is -2.88. The zero-order valence-corrected chi connectivity index (χ0v) is 22.4. The third-order valence-electron chi connectivity index (χ3n) is 5.58. The minimum Gasteiger partial charge on any atom is -0.472 e. The van der Waals surface area contributed by atoms with Gasteiger partial charge in [-0.15, -0.1) is 0 Å². The molecule has 0 radical (unpaired) electrons. The molecule has 0 fully saturated rings. The molecule has 1 aromatic heterocycles. The number of halogens is 4. The second kappa shape index (κ2) is 10.2. The molecule has 4 rings (SSSR count). The van der Waals surface area contributed by atoms with Gasteiger partial charge in [-0.05, 0) is 73.5 Å². The Labute approximate surface area is 221 Å². The van der Waals surface area contributed by atoms with Crippen LogP contribution in [0.15, 0.2) is 58.3 Å². The highest BCUT2D eigenvalue weighted by Gasteiger charge is 2.25. The van der Waals surface area contributed by atoms with E-state index in [1.807, 2.05) is 24.0 Å². The average Bonchev–Trinajstić information content (AvgIpc) is 2.82. The molecule has 0 amide bonds. The van der Waals surface area contributed by atoms with Crippen LogP contribution in [0.3, 0.4) is 0 Å². The highest BCUT2D eigenvalue weighted by molar-refractivity contribution is 9.12. The lowest BCUT2D eigenvalue weighted by Gasteiger charge is -2.30. The molecular formula is C26H24BrClF2N4O2. The summed E-state index contributed by atoms with van der Waals surface area (Å²) in [5, 5.41) is 10.8. The standard InChI is InChI=1S/C26H24BrClF2N4O2/c1-14-9-17(21(30)11-20(14)29)13-36-24-18(27)12-34(15(2)32-24)23-10-16(5-6-19(23)28)22-7-8-31-25(33-22)26(3,4)35/h5-12,15,35H,13H2,1-4H3. The maximum absolute atomic E-state index is 14.1. The molecule has 2 heterocycles. The summed E-state index contributed by atoms with van der Waals surface area (Å²) in [5.74, 6) is -0.679. The van der Waals surface area contributed by atoms with Crippen LogP contribution in [0, 0.1) is 18.6 Å². The van der Waals surface area contributed by atoms with Gasteiger partial charge in [0.05, 0.1) is 20.9 Å². The van der Waals surface area contributed by atoms with Crippen LogP contribution in [-0.4, -0.2) is 27.1 Å². The van der Waals surface area contributed by atoms with E-state index in [1.54, 1.807) is 45.3 Å². The van der Waals surface area contributed by atoms with Crippen molar-refractivity contribution in [1.29, 1.82) is 0 Å². The first-order valence-corrected chi connectivity index (χ1v) is 12.3. The number of aromatic nitrogens is 2. The van der Waals surface area contributed by atoms with Gasteiger partial charge in [0, 0.05) is 29.6 Å². The summed E-state index contributed by atoms with van der Waals surface area (Å²) in [6, 6.07) is 9.51. The summed E-state index contributed by atoms with van der Waals surface area (Å²) in [6.45, 7) is 6.58. The highest BCUT2D eigenvalue weighted by atomic mass is 79.9. The summed E-state index contributed by atoms with van der Waals surface area (Å²) in [7, 11) is 0. The van der Waals surface area contributed by atoms with Gasteiger partial charge in [-0.25, -0.2) is 23.7 Å². The van der Waals surface area contributed by atoms with Crippen molar-refractivity contribution in [1.82, 2.24) is 9.97 Å². The first-order valence-electron chi connectivity index (χ1n) is 11.1. The number of anilines is 1. The third-order valence-corrected chi connectivity index (χ3v) is 6.44. The summed E-state index contributed by atoms with van der Waals surface area (Å²) < 4.78 is 34.0. The van der Waals surface area contributed by atoms with Crippen molar-refractivity contribution in [3.05, 3.63) is 86.9 Å². The lowest BCUT2D eigenvalue weighted by molar-refractivity contribution is 0.0688. The van der Waals surface area contributed by atoms with E-state index in [4.69, 9.17) is 16.3 Å². The smallest absolute Gasteiger partial charge is 0.227 e. The Kier molecular flexibility index (Phi) is 7.45. The zero-order valence-electron chi connectivity index (χ0n) is 20.1. The predicted molar refractivity (Wildman–Crippen MR) is 140 cm³/mol. The molecule has 6 nitrogen and oxygen atoms in total. The van der Waals surface area contributed by atoms with Crippen molar-refractivity contribution in [2.45, 2.75) is 46.1 Å². The fourth-order valence-electron chi connectivity index (χ4n) is 3.61. The Balaban J connectivity index is 1.58. The topological polar surface area (TPSA) is 70.8 Å². The fraction of sp³-hybridized carbons (Fsp3) is 0.269. The number of hydrogen-bond donors (Lipinski definition) is 1. The Bertz CT molecular complexity index is 1370. The molecule has 0 saturated carbocycles. The normalized spacial score (nSPS) is 16.0. The highest BCUT2D eigenvalue weighted by Crippen LogP contribution is 2.35. The number of rotatable bonds is 5. The number of aryl methyl sites for hydroxylation is 1. The summed E-state index contributed by atoms with van der Waals surface area (Å²) >= 11 is 10.0. The first kappa shape index (κ1) is 26.2. The van der Waals surface area contributed by atoms with E-state index in [-0.39, 0.29) is 18.1 Å². The van der Waals surface area contributed by atoms with Gasteiger partial charge in [-0.3, -0.25) is 0 Å². The van der Waals surface area contributed by atoms with Crippen molar-refractivity contribution in [2.24, 2.45) is 4.99 Å². The van der Waals surface area contributed by atoms with Crippen LogP contribution < -0.4 is 4.90 Å². The van der Waals surface area contributed by atoms with E-state index >= 15 is 0 Å². The van der Waals surface area contributed by atoms with Gasteiger partial charge < -0.3 is 14.7 Å². The van der Waals surface area contributed by atoms with Gasteiger partial charge in [0.2, 0.25) is 5.90 Å². The minimum atomic E-state index is -1.18. The van der Waals surface area contributed by atoms with Crippen molar-refractivity contribution in [2.75, 3.05) is 4.90 Å². The van der Waals surface area contributed by atoms with Gasteiger partial charge in [0.1, 0.15) is 30.0 Å². The molecule has 0 spiro atoms. The number of benzene rings is 2. The molecule has 188 valence electrons. The van der Waals surface area contributed by atoms with Crippen LogP contribution in [0.5, 0.6) is 0 Å². The molecule has 10 heteroatoms. The molecule has 1 unspecified atom stereocenters. The first-order chi connectivity index (χ1) is 16.9. The fourth-order valence-corrected chi connectivity index (χ4v) is 4.27. The molecule has 1 N–H and O–H groups in total. The second-order valence-electron chi connectivity index (χ2n) is 8.92. The van der Waals surface area contributed by atoms with Crippen LogP contribution in [0.25, 0.3) is 11.3 Å². The molecule has 1 atom stereocenters. The van der Waals surface area contributed by atoms with E-state index in [0.717, 1.165) is 11.6 Å². The molecule has 1 aliphatic rings. The lowest BCUT2D eigenvalue weighted by atomic mass is 10.1. The van der Waals surface area contributed by atoms with E-state index in [2.05, 4.69) is 30.9 Å². The quantitative estimate of drug-likeness (QED) is 0.369. The molecule has 0 aliphatic carbocycles. The number of ether oxygens (including phenoxy) is 1. The van der Waals surface area contributed by atoms with Crippen LogP contribution in [-0.2, 0) is 16.9 Å². The van der Waals surface area contributed by atoms with E-state index in [0.29, 0.717) is 32.3 Å². The van der Waals surface area contributed by atoms with Crippen molar-refractivity contribution in [3.8, 4) is 11.3 Å². The summed E-state index contributed by atoms with van der Waals surface area (Å²) in [4.78, 5) is 15.1. The average molecular weight is 578 g/mol. The predicted octanol–water partition coefficient (Wildman–Crippen LogP) is 6.63. The second-order valence-corrected chi connectivity index (χ2v) is 10.2. The molecule has 3 aromatic rings. The minimum absolute atomic E-state index is 0.102. The largest absolute Gasteiger partial charge is 0.472 e. The van der Waals surface area contributed by atoms with Gasteiger partial charge in [-0.1, -0.05) is 17.7 Å². The SMILES string of the molecule is Cc1cc(COC2=NC(C)N(c3cc(-c4ccnc(C(C)(C)O)n4)ccc3Cl)C=C2Br)c(F)cc1F. The van der Waals surface area contributed by atoms with Crippen molar-refractivity contribution in [3.63, 3.8) is 0 Å². The van der Waals surface area contributed by atoms with Crippen LogP contribution in [0.2, 0.25) is 5.02 Å². The number of nitrogens with zero attached hydrogens (tertiary/aromatic N) is 4. The van der Waals surface area contributed by atoms with E-state index in [1.165, 1.54) is 6.07 Å². The Morgan fingerprint density at radius 2 is 1.92 bits per heavy atom. The maximum atomic E-state index is 14.1. The molecule has 0 bridgehead atoms. The Morgan fingerprint density at radius 1 is 1.17 bits per heavy atom. The lowest BCUT2D eigenvalue weighted by Crippen LogP contribution is -2.32. The molecule has 36 heavy (non-hydrogen) atoms. The molecule has 1 aliphatic heterocycles. The van der Waals surface area contributed by atoms with Crippen LogP contribution in [0.1, 0.15) is 37.7 Å². The van der Waals surface area contributed by atoms with Gasteiger partial charge in [0.25, 0.3) is 0 Å². The van der Waals surface area contributed by atoms with Crippen LogP contribution in [0.4, 0.5) is 14.5 Å². The van der Waals surface area contributed by atoms with Crippen molar-refractivity contribution >= 4 is 39.1 Å². The van der Waals surface area contributed by atoms with E-state index in [9.17, 15) is 13.9 Å². The van der Waals surface area contributed by atoms with Gasteiger partial charge >= 0.3 is 0 Å². The Morgan fingerprint density at radius 3 is 2.64 bits per heavy atom. The van der Waals surface area contributed by atoms with Gasteiger partial charge in [0.15, 0.2) is 5.82 Å². The van der Waals surface area contributed by atoms with E-state index < -0.39 is 23.4 Å². The molecule has 2 aromatic carbocycles. The third kappa shape index (κ3) is 5.58.